The summed E-state index contributed by atoms with van der Waals surface area (Å²) in [6, 6.07) is 6.56. The molecule has 0 radical (unpaired) electrons. The van der Waals surface area contributed by atoms with Crippen molar-refractivity contribution in [2.24, 2.45) is 0 Å². The largest absolute Gasteiger partial charge is 0.388 e. The molecular weight excluding hydrogens is 315 g/mol. The summed E-state index contributed by atoms with van der Waals surface area (Å²) in [5, 5.41) is 10.6. The van der Waals surface area contributed by atoms with Crippen LogP contribution in [0.5, 0.6) is 0 Å². The molecular formula is C14H20ClO5P. The van der Waals surface area contributed by atoms with E-state index in [0.717, 1.165) is 0 Å². The molecule has 0 amide bonds. The fourth-order valence-corrected chi connectivity index (χ4v) is 3.55. The van der Waals surface area contributed by atoms with Gasteiger partial charge >= 0.3 is 7.60 Å². The van der Waals surface area contributed by atoms with Crippen LogP contribution in [0.1, 0.15) is 31.9 Å². The molecule has 0 saturated carbocycles. The van der Waals surface area contributed by atoms with Crippen molar-refractivity contribution in [2.45, 2.75) is 26.4 Å². The minimum absolute atomic E-state index is 0.147. The second kappa shape index (κ2) is 8.66. The van der Waals surface area contributed by atoms with Crippen LogP contribution < -0.4 is 0 Å². The van der Waals surface area contributed by atoms with Gasteiger partial charge in [-0.05, 0) is 31.5 Å². The van der Waals surface area contributed by atoms with Crippen molar-refractivity contribution in [1.29, 1.82) is 0 Å². The molecule has 5 nitrogen and oxygen atoms in total. The van der Waals surface area contributed by atoms with E-state index in [-0.39, 0.29) is 31.6 Å². The Morgan fingerprint density at radius 3 is 2.24 bits per heavy atom. The highest BCUT2D eigenvalue weighted by Crippen LogP contribution is 2.48. The fraction of sp³-hybridized carbons (Fsp3) is 0.500. The summed E-state index contributed by atoms with van der Waals surface area (Å²) in [5.74, 6) is -0.373. The lowest BCUT2D eigenvalue weighted by Gasteiger charge is -2.17. The highest BCUT2D eigenvalue weighted by atomic mass is 35.5. The maximum absolute atomic E-state index is 12.2. The first-order valence-corrected chi connectivity index (χ1v) is 8.84. The number of carbonyl (C=O) groups excluding carboxylic acids is 1. The molecule has 0 heterocycles. The van der Waals surface area contributed by atoms with Gasteiger partial charge in [0.15, 0.2) is 0 Å². The Labute approximate surface area is 129 Å². The van der Waals surface area contributed by atoms with E-state index in [1.807, 2.05) is 0 Å². The van der Waals surface area contributed by atoms with Crippen LogP contribution in [0.3, 0.4) is 0 Å². The predicted octanol–water partition coefficient (Wildman–Crippen LogP) is 3.60. The van der Waals surface area contributed by atoms with Crippen LogP contribution in [0.15, 0.2) is 24.3 Å². The number of ketones is 1. The molecule has 0 aliphatic carbocycles. The molecule has 0 aromatic heterocycles. The van der Waals surface area contributed by atoms with Gasteiger partial charge in [0.05, 0.1) is 19.3 Å². The van der Waals surface area contributed by atoms with Gasteiger partial charge in [-0.2, -0.15) is 0 Å². The lowest BCUT2D eigenvalue weighted by atomic mass is 10.1. The number of hydrogen-bond donors (Lipinski definition) is 1. The molecule has 1 aromatic rings. The van der Waals surface area contributed by atoms with Crippen LogP contribution in [-0.2, 0) is 18.4 Å². The van der Waals surface area contributed by atoms with Crippen molar-refractivity contribution in [3.05, 3.63) is 34.9 Å². The van der Waals surface area contributed by atoms with Gasteiger partial charge in [-0.25, -0.2) is 0 Å². The summed E-state index contributed by atoms with van der Waals surface area (Å²) >= 11 is 5.76. The topological polar surface area (TPSA) is 72.8 Å². The van der Waals surface area contributed by atoms with E-state index >= 15 is 0 Å². The summed E-state index contributed by atoms with van der Waals surface area (Å²) in [6.07, 6.45) is -1.45. The Morgan fingerprint density at radius 1 is 1.24 bits per heavy atom. The maximum atomic E-state index is 12.2. The number of benzene rings is 1. The molecule has 0 aliphatic rings. The van der Waals surface area contributed by atoms with Crippen LogP contribution in [0.4, 0.5) is 0 Å². The van der Waals surface area contributed by atoms with Crippen molar-refractivity contribution in [1.82, 2.24) is 0 Å². The number of halogens is 1. The van der Waals surface area contributed by atoms with Crippen molar-refractivity contribution >= 4 is 25.0 Å². The second-order valence-electron chi connectivity index (χ2n) is 4.41. The first kappa shape index (κ1) is 18.3. The number of rotatable bonds is 9. The Balaban J connectivity index is 2.63. The molecule has 1 rings (SSSR count). The summed E-state index contributed by atoms with van der Waals surface area (Å²) < 4.78 is 22.3. The van der Waals surface area contributed by atoms with E-state index in [2.05, 4.69) is 0 Å². The highest BCUT2D eigenvalue weighted by Gasteiger charge is 2.28. The summed E-state index contributed by atoms with van der Waals surface area (Å²) in [5.41, 5.74) is 0.579. The standard InChI is InChI=1S/C14H20ClO5P/c1-3-19-21(18,20-4-2)10-13(16)9-14(17)11-5-7-12(15)8-6-11/h5-8,14,17H,3-4,9-10H2,1-2H3. The number of aliphatic hydroxyl groups is 1. The molecule has 0 spiro atoms. The summed E-state index contributed by atoms with van der Waals surface area (Å²) in [4.78, 5) is 11.9. The summed E-state index contributed by atoms with van der Waals surface area (Å²) in [6.45, 7) is 3.76. The smallest absolute Gasteiger partial charge is 0.338 e. The fourth-order valence-electron chi connectivity index (χ4n) is 1.82. The van der Waals surface area contributed by atoms with Gasteiger partial charge in [-0.15, -0.1) is 0 Å². The molecule has 0 bridgehead atoms. The Morgan fingerprint density at radius 2 is 1.76 bits per heavy atom. The highest BCUT2D eigenvalue weighted by molar-refractivity contribution is 7.54. The molecule has 1 aromatic carbocycles. The quantitative estimate of drug-likeness (QED) is 0.698. The van der Waals surface area contributed by atoms with E-state index in [1.54, 1.807) is 38.1 Å². The summed E-state index contributed by atoms with van der Waals surface area (Å²) in [7, 11) is -3.41. The van der Waals surface area contributed by atoms with Gasteiger partial charge < -0.3 is 14.2 Å². The van der Waals surface area contributed by atoms with Crippen molar-refractivity contribution < 1.29 is 23.5 Å². The monoisotopic (exact) mass is 334 g/mol. The lowest BCUT2D eigenvalue weighted by molar-refractivity contribution is -0.118. The molecule has 7 heteroatoms. The van der Waals surface area contributed by atoms with E-state index in [9.17, 15) is 14.5 Å². The minimum atomic E-state index is -3.41. The van der Waals surface area contributed by atoms with Crippen LogP contribution in [-0.4, -0.2) is 30.3 Å². The zero-order valence-electron chi connectivity index (χ0n) is 12.1. The molecule has 1 N–H and O–H groups in total. The molecule has 118 valence electrons. The van der Waals surface area contributed by atoms with Gasteiger partial charge in [-0.1, -0.05) is 23.7 Å². The molecule has 0 fully saturated rings. The van der Waals surface area contributed by atoms with Crippen LogP contribution >= 0.6 is 19.2 Å². The predicted molar refractivity (Wildman–Crippen MR) is 81.8 cm³/mol. The molecule has 0 aliphatic heterocycles. The lowest BCUT2D eigenvalue weighted by Crippen LogP contribution is -2.13. The number of aliphatic hydroxyl groups excluding tert-OH is 1. The first-order chi connectivity index (χ1) is 9.90. The van der Waals surface area contributed by atoms with Gasteiger partial charge in [0, 0.05) is 11.4 Å². The Hall–Kier alpha value is -0.710. The van der Waals surface area contributed by atoms with E-state index in [0.29, 0.717) is 10.6 Å². The van der Waals surface area contributed by atoms with Gasteiger partial charge in [-0.3, -0.25) is 9.36 Å². The number of Topliss-reactive ketones (excluding diaryl/α,β-unsaturated/α-hetero) is 1. The second-order valence-corrected chi connectivity index (χ2v) is 6.91. The number of carbonyl (C=O) groups is 1. The van der Waals surface area contributed by atoms with Crippen LogP contribution in [0.25, 0.3) is 0 Å². The normalized spacial score (nSPS) is 13.1. The van der Waals surface area contributed by atoms with Crippen molar-refractivity contribution in [3.63, 3.8) is 0 Å². The molecule has 0 saturated heterocycles. The zero-order chi connectivity index (χ0) is 15.9. The number of hydrogen-bond acceptors (Lipinski definition) is 5. The van der Waals surface area contributed by atoms with Crippen LogP contribution in [0.2, 0.25) is 5.02 Å². The van der Waals surface area contributed by atoms with E-state index in [4.69, 9.17) is 20.6 Å². The minimum Gasteiger partial charge on any atom is -0.388 e. The van der Waals surface area contributed by atoms with Crippen LogP contribution in [0, 0.1) is 0 Å². The molecule has 1 unspecified atom stereocenters. The molecule has 1 atom stereocenters. The average molecular weight is 335 g/mol. The maximum Gasteiger partial charge on any atom is 0.338 e. The van der Waals surface area contributed by atoms with E-state index < -0.39 is 13.7 Å². The average Bonchev–Trinajstić information content (AvgIpc) is 2.39. The van der Waals surface area contributed by atoms with Gasteiger partial charge in [0.1, 0.15) is 11.9 Å². The SMILES string of the molecule is CCOP(=O)(CC(=O)CC(O)c1ccc(Cl)cc1)OCC. The first-order valence-electron chi connectivity index (χ1n) is 6.73. The molecule has 21 heavy (non-hydrogen) atoms. The third-order valence-electron chi connectivity index (χ3n) is 2.70. The Kier molecular flexibility index (Phi) is 7.57. The Bertz CT molecular complexity index is 493. The van der Waals surface area contributed by atoms with Crippen molar-refractivity contribution in [2.75, 3.05) is 19.4 Å². The van der Waals surface area contributed by atoms with Crippen molar-refractivity contribution in [3.8, 4) is 0 Å². The third kappa shape index (κ3) is 6.29. The third-order valence-corrected chi connectivity index (χ3v) is 4.99. The van der Waals surface area contributed by atoms with E-state index in [1.165, 1.54) is 0 Å². The zero-order valence-corrected chi connectivity index (χ0v) is 13.8. The van der Waals surface area contributed by atoms with Gasteiger partial charge in [0.25, 0.3) is 0 Å². The van der Waals surface area contributed by atoms with Gasteiger partial charge in [0.2, 0.25) is 0 Å².